The SMILES string of the molecule is COc1ccc(N2CCN(C(=O)c3cccc4c3OCCO4)CC2)cn1. The van der Waals surface area contributed by atoms with Crippen LogP contribution in [0.2, 0.25) is 0 Å². The van der Waals surface area contributed by atoms with Gasteiger partial charge in [-0.2, -0.15) is 0 Å². The molecule has 1 fully saturated rings. The average molecular weight is 355 g/mol. The Bertz CT molecular complexity index is 786. The summed E-state index contributed by atoms with van der Waals surface area (Å²) in [5.41, 5.74) is 1.61. The normalized spacial score (nSPS) is 16.3. The van der Waals surface area contributed by atoms with Crippen LogP contribution in [0.25, 0.3) is 0 Å². The van der Waals surface area contributed by atoms with E-state index in [0.29, 0.717) is 49.2 Å². The van der Waals surface area contributed by atoms with Gasteiger partial charge in [0.05, 0.1) is 24.6 Å². The first-order valence-corrected chi connectivity index (χ1v) is 8.69. The summed E-state index contributed by atoms with van der Waals surface area (Å²) in [4.78, 5) is 21.3. The highest BCUT2D eigenvalue weighted by atomic mass is 16.6. The van der Waals surface area contributed by atoms with Crippen LogP contribution in [-0.4, -0.2) is 62.3 Å². The number of piperazine rings is 1. The predicted octanol–water partition coefficient (Wildman–Crippen LogP) is 1.82. The Balaban J connectivity index is 1.44. The summed E-state index contributed by atoms with van der Waals surface area (Å²) in [6.45, 7) is 3.79. The molecule has 3 heterocycles. The second-order valence-electron chi connectivity index (χ2n) is 6.17. The van der Waals surface area contributed by atoms with Gasteiger partial charge in [0.15, 0.2) is 11.5 Å². The topological polar surface area (TPSA) is 64.1 Å². The summed E-state index contributed by atoms with van der Waals surface area (Å²) >= 11 is 0. The minimum absolute atomic E-state index is 0.0140. The molecule has 0 bridgehead atoms. The summed E-state index contributed by atoms with van der Waals surface area (Å²) < 4.78 is 16.3. The van der Waals surface area contributed by atoms with E-state index < -0.39 is 0 Å². The summed E-state index contributed by atoms with van der Waals surface area (Å²) in [6.07, 6.45) is 1.80. The summed E-state index contributed by atoms with van der Waals surface area (Å²) in [5, 5.41) is 0. The number of fused-ring (bicyclic) bond motifs is 1. The quantitative estimate of drug-likeness (QED) is 0.837. The number of methoxy groups -OCH3 is 1. The number of hydrogen-bond donors (Lipinski definition) is 0. The lowest BCUT2D eigenvalue weighted by Gasteiger charge is -2.36. The van der Waals surface area contributed by atoms with Gasteiger partial charge in [-0.15, -0.1) is 0 Å². The maximum atomic E-state index is 12.9. The number of ether oxygens (including phenoxy) is 3. The third kappa shape index (κ3) is 3.12. The molecular weight excluding hydrogens is 334 g/mol. The zero-order valence-electron chi connectivity index (χ0n) is 14.7. The van der Waals surface area contributed by atoms with E-state index in [1.807, 2.05) is 29.2 Å². The molecule has 0 saturated carbocycles. The molecule has 136 valence electrons. The molecule has 1 saturated heterocycles. The van der Waals surface area contributed by atoms with Gasteiger partial charge in [0.1, 0.15) is 13.2 Å². The van der Waals surface area contributed by atoms with Crippen molar-refractivity contribution < 1.29 is 19.0 Å². The van der Waals surface area contributed by atoms with E-state index in [0.717, 1.165) is 18.8 Å². The molecule has 1 aromatic carbocycles. The molecule has 7 heteroatoms. The van der Waals surface area contributed by atoms with Gasteiger partial charge in [-0.25, -0.2) is 4.98 Å². The van der Waals surface area contributed by atoms with E-state index in [2.05, 4.69) is 9.88 Å². The van der Waals surface area contributed by atoms with Crippen LogP contribution in [0.5, 0.6) is 17.4 Å². The fraction of sp³-hybridized carbons (Fsp3) is 0.368. The Morgan fingerprint density at radius 3 is 2.62 bits per heavy atom. The molecule has 4 rings (SSSR count). The first-order chi connectivity index (χ1) is 12.8. The number of pyridine rings is 1. The van der Waals surface area contributed by atoms with Crippen molar-refractivity contribution in [1.82, 2.24) is 9.88 Å². The van der Waals surface area contributed by atoms with E-state index in [4.69, 9.17) is 14.2 Å². The van der Waals surface area contributed by atoms with Crippen molar-refractivity contribution in [2.75, 3.05) is 51.4 Å². The second kappa shape index (κ2) is 7.11. The third-order valence-electron chi connectivity index (χ3n) is 4.66. The molecule has 26 heavy (non-hydrogen) atoms. The Labute approximate surface area is 152 Å². The van der Waals surface area contributed by atoms with Crippen molar-refractivity contribution in [2.24, 2.45) is 0 Å². The molecule has 2 aliphatic heterocycles. The lowest BCUT2D eigenvalue weighted by Crippen LogP contribution is -2.49. The Kier molecular flexibility index (Phi) is 4.51. The summed E-state index contributed by atoms with van der Waals surface area (Å²) in [5.74, 6) is 1.79. The van der Waals surface area contributed by atoms with Crippen LogP contribution < -0.4 is 19.1 Å². The number of carbonyl (C=O) groups excluding carboxylic acids is 1. The van der Waals surface area contributed by atoms with Crippen LogP contribution in [-0.2, 0) is 0 Å². The number of nitrogens with zero attached hydrogens (tertiary/aromatic N) is 3. The average Bonchev–Trinajstić information content (AvgIpc) is 2.73. The minimum Gasteiger partial charge on any atom is -0.486 e. The molecule has 0 unspecified atom stereocenters. The minimum atomic E-state index is -0.0140. The molecule has 0 radical (unpaired) electrons. The molecule has 0 aliphatic carbocycles. The van der Waals surface area contributed by atoms with Crippen molar-refractivity contribution in [3.05, 3.63) is 42.1 Å². The van der Waals surface area contributed by atoms with E-state index in [9.17, 15) is 4.79 Å². The van der Waals surface area contributed by atoms with Crippen LogP contribution in [0.4, 0.5) is 5.69 Å². The third-order valence-corrected chi connectivity index (χ3v) is 4.66. The van der Waals surface area contributed by atoms with Crippen molar-refractivity contribution in [3.63, 3.8) is 0 Å². The monoisotopic (exact) mass is 355 g/mol. The van der Waals surface area contributed by atoms with Gasteiger partial charge in [0, 0.05) is 32.2 Å². The van der Waals surface area contributed by atoms with Gasteiger partial charge < -0.3 is 24.0 Å². The molecule has 2 aromatic rings. The Hall–Kier alpha value is -2.96. The largest absolute Gasteiger partial charge is 0.486 e. The zero-order valence-corrected chi connectivity index (χ0v) is 14.7. The fourth-order valence-electron chi connectivity index (χ4n) is 3.26. The molecule has 1 amide bonds. The van der Waals surface area contributed by atoms with E-state index >= 15 is 0 Å². The Morgan fingerprint density at radius 2 is 1.88 bits per heavy atom. The number of rotatable bonds is 3. The van der Waals surface area contributed by atoms with Crippen LogP contribution in [0.15, 0.2) is 36.5 Å². The molecule has 7 nitrogen and oxygen atoms in total. The van der Waals surface area contributed by atoms with Gasteiger partial charge in [0.25, 0.3) is 5.91 Å². The van der Waals surface area contributed by atoms with Crippen molar-refractivity contribution in [1.29, 1.82) is 0 Å². The lowest BCUT2D eigenvalue weighted by atomic mass is 10.1. The smallest absolute Gasteiger partial charge is 0.257 e. The van der Waals surface area contributed by atoms with Crippen LogP contribution in [0, 0.1) is 0 Å². The Morgan fingerprint density at radius 1 is 1.08 bits per heavy atom. The highest BCUT2D eigenvalue weighted by Gasteiger charge is 2.27. The van der Waals surface area contributed by atoms with Crippen LogP contribution >= 0.6 is 0 Å². The fourth-order valence-corrected chi connectivity index (χ4v) is 3.26. The van der Waals surface area contributed by atoms with E-state index in [1.165, 1.54) is 0 Å². The molecule has 0 atom stereocenters. The van der Waals surface area contributed by atoms with Crippen LogP contribution in [0.3, 0.4) is 0 Å². The number of hydrogen-bond acceptors (Lipinski definition) is 6. The lowest BCUT2D eigenvalue weighted by molar-refractivity contribution is 0.0736. The maximum absolute atomic E-state index is 12.9. The van der Waals surface area contributed by atoms with Gasteiger partial charge in [-0.05, 0) is 18.2 Å². The van der Waals surface area contributed by atoms with Crippen molar-refractivity contribution >= 4 is 11.6 Å². The highest BCUT2D eigenvalue weighted by molar-refractivity contribution is 5.98. The predicted molar refractivity (Wildman–Crippen MR) is 96.3 cm³/mol. The second-order valence-corrected chi connectivity index (χ2v) is 6.17. The highest BCUT2D eigenvalue weighted by Crippen LogP contribution is 2.34. The first kappa shape index (κ1) is 16.5. The van der Waals surface area contributed by atoms with Crippen LogP contribution in [0.1, 0.15) is 10.4 Å². The van der Waals surface area contributed by atoms with Gasteiger partial charge >= 0.3 is 0 Å². The summed E-state index contributed by atoms with van der Waals surface area (Å²) in [6, 6.07) is 9.30. The summed E-state index contributed by atoms with van der Waals surface area (Å²) in [7, 11) is 1.60. The van der Waals surface area contributed by atoms with Gasteiger partial charge in [0.2, 0.25) is 5.88 Å². The number of carbonyl (C=O) groups is 1. The van der Waals surface area contributed by atoms with Gasteiger partial charge in [-0.1, -0.05) is 6.07 Å². The number of anilines is 1. The maximum Gasteiger partial charge on any atom is 0.257 e. The standard InChI is InChI=1S/C19H21N3O4/c1-24-17-6-5-14(13-20-17)21-7-9-22(10-8-21)19(23)15-3-2-4-16-18(15)26-12-11-25-16/h2-6,13H,7-12H2,1H3. The van der Waals surface area contributed by atoms with E-state index in [1.54, 1.807) is 19.4 Å². The van der Waals surface area contributed by atoms with Gasteiger partial charge in [-0.3, -0.25) is 4.79 Å². The van der Waals surface area contributed by atoms with E-state index in [-0.39, 0.29) is 5.91 Å². The van der Waals surface area contributed by atoms with Crippen molar-refractivity contribution in [2.45, 2.75) is 0 Å². The number of para-hydroxylation sites is 1. The number of benzene rings is 1. The first-order valence-electron chi connectivity index (χ1n) is 8.69. The molecular formula is C19H21N3O4. The zero-order chi connectivity index (χ0) is 17.9. The van der Waals surface area contributed by atoms with Crippen molar-refractivity contribution in [3.8, 4) is 17.4 Å². The molecule has 2 aliphatic rings. The number of aromatic nitrogens is 1. The molecule has 0 spiro atoms. The molecule has 1 aromatic heterocycles. The molecule has 0 N–H and O–H groups in total. The number of amides is 1.